The highest BCUT2D eigenvalue weighted by Gasteiger charge is 2.43. The molecule has 2 aliphatic heterocycles. The van der Waals surface area contributed by atoms with Crippen molar-refractivity contribution >= 4 is 11.9 Å². The van der Waals surface area contributed by atoms with E-state index in [4.69, 9.17) is 4.98 Å². The highest BCUT2D eigenvalue weighted by molar-refractivity contribution is 5.98. The van der Waals surface area contributed by atoms with Crippen molar-refractivity contribution < 1.29 is 9.18 Å². The van der Waals surface area contributed by atoms with Crippen LogP contribution in [0.25, 0.3) is 5.69 Å². The van der Waals surface area contributed by atoms with Crippen LogP contribution in [0.5, 0.6) is 0 Å². The van der Waals surface area contributed by atoms with Crippen molar-refractivity contribution in [2.24, 2.45) is 11.8 Å². The normalized spacial score (nSPS) is 21.8. The first-order valence-corrected chi connectivity index (χ1v) is 11.4. The van der Waals surface area contributed by atoms with Crippen LogP contribution in [0, 0.1) is 17.7 Å². The molecule has 6 rings (SSSR count). The van der Waals surface area contributed by atoms with E-state index in [0.29, 0.717) is 37.8 Å². The zero-order chi connectivity index (χ0) is 22.5. The molecule has 10 heteroatoms. The van der Waals surface area contributed by atoms with Gasteiger partial charge in [-0.1, -0.05) is 6.07 Å². The summed E-state index contributed by atoms with van der Waals surface area (Å²) in [5, 5.41) is 8.12. The van der Waals surface area contributed by atoms with Gasteiger partial charge >= 0.3 is 0 Å². The fraction of sp³-hybridized carbons (Fsp3) is 0.435. The fourth-order valence-corrected chi connectivity index (χ4v) is 5.46. The van der Waals surface area contributed by atoms with Gasteiger partial charge in [-0.25, -0.2) is 9.37 Å². The summed E-state index contributed by atoms with van der Waals surface area (Å²) in [5.74, 6) is 0.196. The number of fused-ring (bicyclic) bond motifs is 2. The van der Waals surface area contributed by atoms with Gasteiger partial charge in [0.25, 0.3) is 11.5 Å². The van der Waals surface area contributed by atoms with Crippen LogP contribution in [0.2, 0.25) is 0 Å². The van der Waals surface area contributed by atoms with Crippen molar-refractivity contribution in [3.8, 4) is 5.69 Å². The predicted molar refractivity (Wildman–Crippen MR) is 118 cm³/mol. The lowest BCUT2D eigenvalue weighted by atomic mass is 9.97. The largest absolute Gasteiger partial charge is 0.342 e. The van der Waals surface area contributed by atoms with Crippen molar-refractivity contribution in [2.45, 2.75) is 25.7 Å². The number of aromatic amines is 1. The number of hydrogen-bond donors (Lipinski definition) is 1. The predicted octanol–water partition coefficient (Wildman–Crippen LogP) is 1.58. The van der Waals surface area contributed by atoms with Gasteiger partial charge in [-0.2, -0.15) is 15.0 Å². The van der Waals surface area contributed by atoms with Gasteiger partial charge in [-0.05, 0) is 37.8 Å². The maximum Gasteiger partial charge on any atom is 0.259 e. The number of carbonyl (C=O) groups excluding carboxylic acids is 1. The van der Waals surface area contributed by atoms with E-state index < -0.39 is 5.82 Å². The average molecular weight is 449 g/mol. The quantitative estimate of drug-likeness (QED) is 0.652. The molecule has 4 heterocycles. The number of H-pyrrole nitrogens is 1. The molecule has 1 amide bonds. The second-order valence-corrected chi connectivity index (χ2v) is 9.11. The van der Waals surface area contributed by atoms with E-state index in [1.807, 2.05) is 0 Å². The van der Waals surface area contributed by atoms with Gasteiger partial charge in [0.15, 0.2) is 0 Å². The Bertz CT molecular complexity index is 1260. The van der Waals surface area contributed by atoms with E-state index in [9.17, 15) is 14.0 Å². The summed E-state index contributed by atoms with van der Waals surface area (Å²) in [6, 6.07) is 4.48. The summed E-state index contributed by atoms with van der Waals surface area (Å²) in [5.41, 5.74) is 2.05. The zero-order valence-corrected chi connectivity index (χ0v) is 18.1. The maximum absolute atomic E-state index is 14.7. The summed E-state index contributed by atoms with van der Waals surface area (Å²) in [6.45, 7) is 2.49. The second-order valence-electron chi connectivity index (χ2n) is 9.11. The summed E-state index contributed by atoms with van der Waals surface area (Å²) < 4.78 is 14.7. The van der Waals surface area contributed by atoms with Gasteiger partial charge in [0.1, 0.15) is 17.1 Å². The smallest absolute Gasteiger partial charge is 0.259 e. The number of likely N-dealkylation sites (tertiary alicyclic amines) is 1. The monoisotopic (exact) mass is 449 g/mol. The van der Waals surface area contributed by atoms with Crippen LogP contribution in [0.15, 0.2) is 35.4 Å². The first kappa shape index (κ1) is 20.1. The van der Waals surface area contributed by atoms with E-state index in [2.05, 4.69) is 20.1 Å². The number of nitrogens with zero attached hydrogens (tertiary/aromatic N) is 6. The number of aryl methyl sites for hydroxylation is 1. The third-order valence-electron chi connectivity index (χ3n) is 7.09. The topological polar surface area (TPSA) is 100 Å². The summed E-state index contributed by atoms with van der Waals surface area (Å²) in [4.78, 5) is 38.7. The molecular formula is C23H24FN7O2. The van der Waals surface area contributed by atoms with Crippen molar-refractivity contribution in [2.75, 3.05) is 31.1 Å². The van der Waals surface area contributed by atoms with E-state index >= 15 is 0 Å². The molecule has 1 aromatic carbocycles. The summed E-state index contributed by atoms with van der Waals surface area (Å²) >= 11 is 0. The molecule has 2 unspecified atom stereocenters. The van der Waals surface area contributed by atoms with Crippen LogP contribution in [0.4, 0.5) is 10.3 Å². The average Bonchev–Trinajstić information content (AvgIpc) is 3.55. The van der Waals surface area contributed by atoms with Crippen LogP contribution in [0.3, 0.4) is 0 Å². The number of nitrogens with one attached hydrogen (secondary N) is 1. The zero-order valence-electron chi connectivity index (χ0n) is 18.1. The number of aromatic nitrogens is 5. The molecule has 2 atom stereocenters. The van der Waals surface area contributed by atoms with Crippen molar-refractivity contribution in [1.82, 2.24) is 29.9 Å². The molecule has 0 radical (unpaired) electrons. The molecule has 2 aromatic heterocycles. The third-order valence-corrected chi connectivity index (χ3v) is 7.09. The molecule has 3 aromatic rings. The standard InChI is InChI=1S/C23H24FN7O2/c24-17-5-3-7-19(31-25-8-9-26-31)20(17)22(33)29-10-14-12-30(13-15(14)11-29)23-27-18-6-2-1-4-16(18)21(32)28-23/h3,5,7-9,14-15H,1-2,4,6,10-13H2,(H,27,28,32). The van der Waals surface area contributed by atoms with E-state index in [1.165, 1.54) is 23.3 Å². The number of amides is 1. The highest BCUT2D eigenvalue weighted by Crippen LogP contribution is 2.34. The first-order valence-electron chi connectivity index (χ1n) is 11.4. The van der Waals surface area contributed by atoms with Gasteiger partial charge in [0.2, 0.25) is 5.95 Å². The minimum absolute atomic E-state index is 0.00814. The van der Waals surface area contributed by atoms with Crippen LogP contribution in [-0.2, 0) is 12.8 Å². The van der Waals surface area contributed by atoms with Gasteiger partial charge in [0, 0.05) is 43.6 Å². The molecule has 0 saturated carbocycles. The molecule has 3 aliphatic rings. The molecule has 170 valence electrons. The Kier molecular flexibility index (Phi) is 4.74. The van der Waals surface area contributed by atoms with Crippen LogP contribution < -0.4 is 10.5 Å². The number of halogens is 1. The number of benzene rings is 1. The molecule has 1 N–H and O–H groups in total. The Hall–Kier alpha value is -3.56. The Labute approximate surface area is 189 Å². The summed E-state index contributed by atoms with van der Waals surface area (Å²) in [6.07, 6.45) is 6.74. The van der Waals surface area contributed by atoms with E-state index in [1.54, 1.807) is 17.0 Å². The second kappa shape index (κ2) is 7.79. The van der Waals surface area contributed by atoms with Crippen molar-refractivity contribution in [3.05, 3.63) is 63.6 Å². The molecule has 33 heavy (non-hydrogen) atoms. The van der Waals surface area contributed by atoms with Gasteiger partial charge in [0.05, 0.1) is 18.1 Å². The van der Waals surface area contributed by atoms with Gasteiger partial charge in [-0.3, -0.25) is 14.6 Å². The lowest BCUT2D eigenvalue weighted by Crippen LogP contribution is -2.35. The SMILES string of the molecule is O=C(c1c(F)cccc1-n1nccn1)N1CC2CN(c3nc4c(c(=O)[nH]3)CCCC4)CC2C1. The van der Waals surface area contributed by atoms with Gasteiger partial charge in [-0.15, -0.1) is 0 Å². The summed E-state index contributed by atoms with van der Waals surface area (Å²) in [7, 11) is 0. The minimum Gasteiger partial charge on any atom is -0.342 e. The molecular weight excluding hydrogens is 425 g/mol. The Morgan fingerprint density at radius 2 is 1.76 bits per heavy atom. The van der Waals surface area contributed by atoms with E-state index in [0.717, 1.165) is 36.9 Å². The van der Waals surface area contributed by atoms with Crippen molar-refractivity contribution in [3.63, 3.8) is 0 Å². The first-order chi connectivity index (χ1) is 16.1. The lowest BCUT2D eigenvalue weighted by molar-refractivity contribution is 0.0777. The third kappa shape index (κ3) is 3.40. The van der Waals surface area contributed by atoms with Crippen molar-refractivity contribution in [1.29, 1.82) is 0 Å². The number of anilines is 1. The molecule has 0 spiro atoms. The number of carbonyl (C=O) groups is 1. The van der Waals surface area contributed by atoms with Crippen LogP contribution >= 0.6 is 0 Å². The minimum atomic E-state index is -0.579. The molecule has 0 bridgehead atoms. The Balaban J connectivity index is 1.20. The van der Waals surface area contributed by atoms with Crippen LogP contribution in [-0.4, -0.2) is 61.9 Å². The van der Waals surface area contributed by atoms with E-state index in [-0.39, 0.29) is 28.9 Å². The Morgan fingerprint density at radius 1 is 1.03 bits per heavy atom. The Morgan fingerprint density at radius 3 is 2.52 bits per heavy atom. The number of rotatable bonds is 3. The molecule has 2 saturated heterocycles. The van der Waals surface area contributed by atoms with Gasteiger partial charge < -0.3 is 9.80 Å². The van der Waals surface area contributed by atoms with Crippen LogP contribution in [0.1, 0.15) is 34.5 Å². The molecule has 9 nitrogen and oxygen atoms in total. The fourth-order valence-electron chi connectivity index (χ4n) is 5.46. The lowest BCUT2D eigenvalue weighted by Gasteiger charge is -2.24. The highest BCUT2D eigenvalue weighted by atomic mass is 19.1. The molecule has 2 fully saturated rings. The maximum atomic E-state index is 14.7. The molecule has 1 aliphatic carbocycles. The number of hydrogen-bond acceptors (Lipinski definition) is 6.